The Hall–Kier alpha value is -2.30. The number of carboxylic acid groups (broad SMARTS) is 1. The standard InChI is InChI=1S/C15H18N2O3/c1-9-5-6-10(2)14(11(9)3)20-8-13-12(15(18)19)7-16-17(13)4/h5-7H,8H2,1-4H3,(H,18,19). The minimum absolute atomic E-state index is 0.176. The first-order valence-corrected chi connectivity index (χ1v) is 6.35. The molecule has 0 bridgehead atoms. The number of aromatic carboxylic acids is 1. The molecule has 0 saturated heterocycles. The summed E-state index contributed by atoms with van der Waals surface area (Å²) in [6.07, 6.45) is 1.34. The van der Waals surface area contributed by atoms with Gasteiger partial charge in [0.1, 0.15) is 17.9 Å². The molecule has 1 aromatic heterocycles. The van der Waals surface area contributed by atoms with Gasteiger partial charge < -0.3 is 9.84 Å². The summed E-state index contributed by atoms with van der Waals surface area (Å²) < 4.78 is 7.37. The molecule has 0 aliphatic heterocycles. The molecule has 0 unspecified atom stereocenters. The Morgan fingerprint density at radius 1 is 1.30 bits per heavy atom. The third kappa shape index (κ3) is 2.52. The fraction of sp³-hybridized carbons (Fsp3) is 0.333. The van der Waals surface area contributed by atoms with Crippen LogP contribution in [0.4, 0.5) is 0 Å². The smallest absolute Gasteiger partial charge is 0.339 e. The predicted molar refractivity (Wildman–Crippen MR) is 75.2 cm³/mol. The number of carboxylic acids is 1. The van der Waals surface area contributed by atoms with Gasteiger partial charge in [-0.2, -0.15) is 5.10 Å². The van der Waals surface area contributed by atoms with Gasteiger partial charge in [-0.3, -0.25) is 4.68 Å². The molecule has 0 radical (unpaired) electrons. The molecule has 0 spiro atoms. The zero-order valence-corrected chi connectivity index (χ0v) is 12.1. The second kappa shape index (κ2) is 5.36. The first-order chi connectivity index (χ1) is 9.41. The van der Waals surface area contributed by atoms with Crippen LogP contribution in [0.2, 0.25) is 0 Å². The van der Waals surface area contributed by atoms with Gasteiger partial charge in [0, 0.05) is 7.05 Å². The number of aryl methyl sites for hydroxylation is 3. The topological polar surface area (TPSA) is 64.3 Å². The van der Waals surface area contributed by atoms with Gasteiger partial charge in [0.25, 0.3) is 0 Å². The lowest BCUT2D eigenvalue weighted by Gasteiger charge is -2.14. The summed E-state index contributed by atoms with van der Waals surface area (Å²) in [4.78, 5) is 11.1. The van der Waals surface area contributed by atoms with Crippen molar-refractivity contribution in [3.63, 3.8) is 0 Å². The maximum atomic E-state index is 11.1. The van der Waals surface area contributed by atoms with Crippen LogP contribution < -0.4 is 4.74 Å². The van der Waals surface area contributed by atoms with Crippen molar-refractivity contribution in [2.75, 3.05) is 0 Å². The Bertz CT molecular complexity index is 659. The van der Waals surface area contributed by atoms with E-state index in [2.05, 4.69) is 5.10 Å². The number of ether oxygens (including phenoxy) is 1. The quantitative estimate of drug-likeness (QED) is 0.930. The maximum Gasteiger partial charge on any atom is 0.339 e. The molecule has 20 heavy (non-hydrogen) atoms. The van der Waals surface area contributed by atoms with E-state index in [0.717, 1.165) is 22.4 Å². The van der Waals surface area contributed by atoms with Crippen LogP contribution in [-0.2, 0) is 13.7 Å². The monoisotopic (exact) mass is 274 g/mol. The van der Waals surface area contributed by atoms with E-state index in [-0.39, 0.29) is 12.2 Å². The van der Waals surface area contributed by atoms with Gasteiger partial charge in [0.2, 0.25) is 0 Å². The molecule has 1 heterocycles. The lowest BCUT2D eigenvalue weighted by molar-refractivity contribution is 0.0693. The highest BCUT2D eigenvalue weighted by Crippen LogP contribution is 2.26. The molecule has 2 aromatic rings. The Morgan fingerprint density at radius 2 is 1.95 bits per heavy atom. The number of carbonyl (C=O) groups is 1. The largest absolute Gasteiger partial charge is 0.487 e. The molecule has 5 heteroatoms. The molecule has 0 aliphatic carbocycles. The molecule has 106 valence electrons. The molecule has 1 aromatic carbocycles. The van der Waals surface area contributed by atoms with Gasteiger partial charge in [-0.25, -0.2) is 4.79 Å². The number of hydrogen-bond acceptors (Lipinski definition) is 3. The average molecular weight is 274 g/mol. The van der Waals surface area contributed by atoms with E-state index >= 15 is 0 Å². The molecule has 5 nitrogen and oxygen atoms in total. The van der Waals surface area contributed by atoms with E-state index in [1.54, 1.807) is 7.05 Å². The molecule has 0 atom stereocenters. The van der Waals surface area contributed by atoms with Crippen LogP contribution in [0.25, 0.3) is 0 Å². The number of aromatic nitrogens is 2. The highest BCUT2D eigenvalue weighted by atomic mass is 16.5. The molecule has 0 aliphatic rings. The van der Waals surface area contributed by atoms with Crippen LogP contribution in [0, 0.1) is 20.8 Å². The van der Waals surface area contributed by atoms with E-state index in [4.69, 9.17) is 9.84 Å². The molecular weight excluding hydrogens is 256 g/mol. The van der Waals surface area contributed by atoms with Crippen molar-refractivity contribution in [2.45, 2.75) is 27.4 Å². The van der Waals surface area contributed by atoms with E-state index in [0.29, 0.717) is 5.69 Å². The lowest BCUT2D eigenvalue weighted by Crippen LogP contribution is -2.09. The third-order valence-corrected chi connectivity index (χ3v) is 3.52. The van der Waals surface area contributed by atoms with Crippen molar-refractivity contribution < 1.29 is 14.6 Å². The summed E-state index contributed by atoms with van der Waals surface area (Å²) in [5.74, 6) is -0.183. The average Bonchev–Trinajstić information content (AvgIpc) is 2.76. The highest BCUT2D eigenvalue weighted by molar-refractivity contribution is 5.88. The minimum atomic E-state index is -0.991. The second-order valence-corrected chi connectivity index (χ2v) is 4.88. The van der Waals surface area contributed by atoms with Crippen LogP contribution in [0.1, 0.15) is 32.7 Å². The van der Waals surface area contributed by atoms with Crippen LogP contribution in [-0.4, -0.2) is 20.9 Å². The molecule has 2 rings (SSSR count). The second-order valence-electron chi connectivity index (χ2n) is 4.88. The van der Waals surface area contributed by atoms with Crippen molar-refractivity contribution in [3.8, 4) is 5.75 Å². The van der Waals surface area contributed by atoms with Gasteiger partial charge in [-0.05, 0) is 37.5 Å². The Morgan fingerprint density at radius 3 is 2.60 bits per heavy atom. The van der Waals surface area contributed by atoms with Gasteiger partial charge in [0.15, 0.2) is 0 Å². The summed E-state index contributed by atoms with van der Waals surface area (Å²) in [6, 6.07) is 4.04. The van der Waals surface area contributed by atoms with Crippen LogP contribution in [0.3, 0.4) is 0 Å². The van der Waals surface area contributed by atoms with E-state index < -0.39 is 5.97 Å². The first-order valence-electron chi connectivity index (χ1n) is 6.35. The first kappa shape index (κ1) is 14.1. The van der Waals surface area contributed by atoms with Crippen molar-refractivity contribution in [1.29, 1.82) is 0 Å². The van der Waals surface area contributed by atoms with Crippen molar-refractivity contribution in [2.24, 2.45) is 7.05 Å². The van der Waals surface area contributed by atoms with E-state index in [1.807, 2.05) is 32.9 Å². The summed E-state index contributed by atoms with van der Waals surface area (Å²) in [6.45, 7) is 6.18. The summed E-state index contributed by atoms with van der Waals surface area (Å²) in [7, 11) is 1.71. The fourth-order valence-corrected chi connectivity index (χ4v) is 2.10. The van der Waals surface area contributed by atoms with Gasteiger partial charge in [0.05, 0.1) is 11.9 Å². The highest BCUT2D eigenvalue weighted by Gasteiger charge is 2.16. The Balaban J connectivity index is 2.28. The van der Waals surface area contributed by atoms with Gasteiger partial charge in [-0.1, -0.05) is 12.1 Å². The van der Waals surface area contributed by atoms with Gasteiger partial charge in [-0.15, -0.1) is 0 Å². The SMILES string of the molecule is Cc1ccc(C)c(OCc2c(C(=O)O)cnn2C)c1C. The van der Waals surface area contributed by atoms with Crippen LogP contribution in [0.5, 0.6) is 5.75 Å². The predicted octanol–water partition coefficient (Wildman–Crippen LogP) is 2.62. The van der Waals surface area contributed by atoms with Crippen molar-refractivity contribution >= 4 is 5.97 Å². The number of nitrogens with zero attached hydrogens (tertiary/aromatic N) is 2. The number of rotatable bonds is 4. The maximum absolute atomic E-state index is 11.1. The minimum Gasteiger partial charge on any atom is -0.487 e. The molecule has 0 amide bonds. The molecule has 0 fully saturated rings. The summed E-state index contributed by atoms with van der Waals surface area (Å²) in [5, 5.41) is 13.1. The van der Waals surface area contributed by atoms with Crippen molar-refractivity contribution in [1.82, 2.24) is 9.78 Å². The lowest BCUT2D eigenvalue weighted by atomic mass is 10.1. The molecular formula is C15H18N2O3. The van der Waals surface area contributed by atoms with Crippen LogP contribution in [0.15, 0.2) is 18.3 Å². The van der Waals surface area contributed by atoms with E-state index in [9.17, 15) is 4.79 Å². The van der Waals surface area contributed by atoms with E-state index in [1.165, 1.54) is 10.9 Å². The van der Waals surface area contributed by atoms with Gasteiger partial charge >= 0.3 is 5.97 Å². The Labute approximate surface area is 117 Å². The van der Waals surface area contributed by atoms with Crippen LogP contribution >= 0.6 is 0 Å². The summed E-state index contributed by atoms with van der Waals surface area (Å²) >= 11 is 0. The molecule has 0 saturated carbocycles. The number of benzene rings is 1. The number of hydrogen-bond donors (Lipinski definition) is 1. The fourth-order valence-electron chi connectivity index (χ4n) is 2.10. The normalized spacial score (nSPS) is 10.6. The third-order valence-electron chi connectivity index (χ3n) is 3.52. The zero-order chi connectivity index (χ0) is 14.9. The Kier molecular flexibility index (Phi) is 3.79. The zero-order valence-electron chi connectivity index (χ0n) is 12.1. The summed E-state index contributed by atoms with van der Waals surface area (Å²) in [5.41, 5.74) is 3.98. The molecule has 1 N–H and O–H groups in total. The van der Waals surface area contributed by atoms with Crippen molar-refractivity contribution in [3.05, 3.63) is 46.3 Å².